The lowest BCUT2D eigenvalue weighted by molar-refractivity contribution is -0.385. The predicted molar refractivity (Wildman–Crippen MR) is 98.0 cm³/mol. The largest absolute Gasteiger partial charge is 0.504 e. The van der Waals surface area contributed by atoms with Crippen LogP contribution in [0, 0.1) is 10.1 Å². The predicted octanol–water partition coefficient (Wildman–Crippen LogP) is 2.90. The molecule has 1 saturated heterocycles. The fraction of sp³-hybridized carbons (Fsp3) is 0.278. The van der Waals surface area contributed by atoms with E-state index in [1.165, 1.54) is 25.5 Å². The van der Waals surface area contributed by atoms with Crippen molar-refractivity contribution in [2.24, 2.45) is 4.99 Å². The maximum Gasteiger partial charge on any atom is 0.323 e. The Kier molecular flexibility index (Phi) is 5.33. The number of nitro groups is 1. The molecule has 0 radical (unpaired) electrons. The summed E-state index contributed by atoms with van der Waals surface area (Å²) in [6, 6.07) is 10.4. The molecule has 0 aromatic heterocycles. The Balaban J connectivity index is 1.82. The van der Waals surface area contributed by atoms with Crippen LogP contribution in [-0.2, 0) is 4.74 Å². The Bertz CT molecular complexity index is 814. The van der Waals surface area contributed by atoms with Crippen molar-refractivity contribution in [2.45, 2.75) is 0 Å². The quantitative estimate of drug-likeness (QED) is 0.502. The first-order valence-corrected chi connectivity index (χ1v) is 8.11. The van der Waals surface area contributed by atoms with Gasteiger partial charge in [-0.3, -0.25) is 15.1 Å². The van der Waals surface area contributed by atoms with Gasteiger partial charge in [0.25, 0.3) is 0 Å². The molecule has 0 amide bonds. The van der Waals surface area contributed by atoms with Gasteiger partial charge in [-0.05, 0) is 36.4 Å². The van der Waals surface area contributed by atoms with Crippen molar-refractivity contribution < 1.29 is 19.5 Å². The number of phenolic OH excluding ortho intramolecular Hbond substituents is 1. The van der Waals surface area contributed by atoms with E-state index in [9.17, 15) is 15.2 Å². The number of aromatic hydroxyl groups is 1. The topological polar surface area (TPSA) is 97.4 Å². The van der Waals surface area contributed by atoms with E-state index < -0.39 is 4.92 Å². The third-order valence-electron chi connectivity index (χ3n) is 4.11. The van der Waals surface area contributed by atoms with Crippen molar-refractivity contribution in [3.63, 3.8) is 0 Å². The molecule has 0 bridgehead atoms. The Labute approximate surface area is 150 Å². The highest BCUT2D eigenvalue weighted by Crippen LogP contribution is 2.38. The van der Waals surface area contributed by atoms with Crippen LogP contribution >= 0.6 is 0 Å². The number of rotatable bonds is 5. The molecule has 1 aliphatic rings. The SMILES string of the molecule is COc1c(O)ccc(C=Nc2ccc(N3CCOCC3)cc2)c1[N+](=O)[O-]. The number of methoxy groups -OCH3 is 1. The van der Waals surface area contributed by atoms with Gasteiger partial charge in [0.2, 0.25) is 5.75 Å². The second kappa shape index (κ2) is 7.83. The highest BCUT2D eigenvalue weighted by atomic mass is 16.6. The number of anilines is 1. The Hall–Kier alpha value is -3.13. The molecule has 26 heavy (non-hydrogen) atoms. The number of nitrogens with zero attached hydrogens (tertiary/aromatic N) is 3. The van der Waals surface area contributed by atoms with Gasteiger partial charge in [0.05, 0.1) is 36.5 Å². The van der Waals surface area contributed by atoms with Crippen molar-refractivity contribution >= 4 is 23.3 Å². The first-order chi connectivity index (χ1) is 12.6. The molecule has 3 rings (SSSR count). The number of hydrogen-bond acceptors (Lipinski definition) is 7. The molecule has 2 aromatic carbocycles. The van der Waals surface area contributed by atoms with Gasteiger partial charge >= 0.3 is 5.69 Å². The molecule has 1 N–H and O–H groups in total. The molecule has 2 aromatic rings. The van der Waals surface area contributed by atoms with Crippen LogP contribution in [0.4, 0.5) is 17.1 Å². The number of ether oxygens (including phenoxy) is 2. The summed E-state index contributed by atoms with van der Waals surface area (Å²) in [5.74, 6) is -0.465. The van der Waals surface area contributed by atoms with Crippen LogP contribution in [0.5, 0.6) is 11.5 Å². The molecule has 8 nitrogen and oxygen atoms in total. The van der Waals surface area contributed by atoms with Gasteiger partial charge in [0.15, 0.2) is 5.75 Å². The smallest absolute Gasteiger partial charge is 0.323 e. The highest BCUT2D eigenvalue weighted by Gasteiger charge is 2.23. The first kappa shape index (κ1) is 17.7. The minimum absolute atomic E-state index is 0.179. The number of nitro benzene ring substituents is 1. The van der Waals surface area contributed by atoms with Gasteiger partial charge in [0, 0.05) is 25.0 Å². The van der Waals surface area contributed by atoms with Gasteiger partial charge < -0.3 is 19.5 Å². The summed E-state index contributed by atoms with van der Waals surface area (Å²) in [5, 5.41) is 21.0. The first-order valence-electron chi connectivity index (χ1n) is 8.11. The van der Waals surface area contributed by atoms with Crippen molar-refractivity contribution in [3.05, 3.63) is 52.1 Å². The number of aliphatic imine (C=N–C) groups is 1. The fourth-order valence-corrected chi connectivity index (χ4v) is 2.78. The molecule has 0 aliphatic carbocycles. The lowest BCUT2D eigenvalue weighted by Gasteiger charge is -2.28. The summed E-state index contributed by atoms with van der Waals surface area (Å²) in [7, 11) is 1.27. The molecule has 0 atom stereocenters. The standard InChI is InChI=1S/C18H19N3O5/c1-25-18-16(22)7-2-13(17(18)21(23)24)12-19-14-3-5-15(6-4-14)20-8-10-26-11-9-20/h2-7,12,22H,8-11H2,1H3. The lowest BCUT2D eigenvalue weighted by Crippen LogP contribution is -2.36. The number of morpholine rings is 1. The fourth-order valence-electron chi connectivity index (χ4n) is 2.78. The van der Waals surface area contributed by atoms with Crippen LogP contribution in [0.15, 0.2) is 41.4 Å². The van der Waals surface area contributed by atoms with E-state index in [1.54, 1.807) is 0 Å². The van der Waals surface area contributed by atoms with Crippen LogP contribution in [0.2, 0.25) is 0 Å². The van der Waals surface area contributed by atoms with Gasteiger partial charge in [-0.15, -0.1) is 0 Å². The van der Waals surface area contributed by atoms with E-state index in [2.05, 4.69) is 9.89 Å². The van der Waals surface area contributed by atoms with Gasteiger partial charge in [-0.1, -0.05) is 0 Å². The van der Waals surface area contributed by atoms with Gasteiger partial charge in [-0.2, -0.15) is 0 Å². The summed E-state index contributed by atoms with van der Waals surface area (Å²) in [5.41, 5.74) is 1.69. The Morgan fingerprint density at radius 2 is 1.92 bits per heavy atom. The maximum absolute atomic E-state index is 11.3. The van der Waals surface area contributed by atoms with Crippen LogP contribution in [0.3, 0.4) is 0 Å². The second-order valence-corrected chi connectivity index (χ2v) is 5.69. The maximum atomic E-state index is 11.3. The van der Waals surface area contributed by atoms with Crippen molar-refractivity contribution in [1.82, 2.24) is 0 Å². The van der Waals surface area contributed by atoms with E-state index in [4.69, 9.17) is 9.47 Å². The van der Waals surface area contributed by atoms with Crippen LogP contribution in [0.25, 0.3) is 0 Å². The monoisotopic (exact) mass is 357 g/mol. The minimum Gasteiger partial charge on any atom is -0.504 e. The van der Waals surface area contributed by atoms with Crippen LogP contribution in [0.1, 0.15) is 5.56 Å². The van der Waals surface area contributed by atoms with Crippen molar-refractivity contribution in [3.8, 4) is 11.5 Å². The molecule has 1 heterocycles. The molecule has 136 valence electrons. The van der Waals surface area contributed by atoms with E-state index in [-0.39, 0.29) is 22.7 Å². The van der Waals surface area contributed by atoms with Gasteiger partial charge in [-0.25, -0.2) is 0 Å². The molecule has 1 aliphatic heterocycles. The minimum atomic E-state index is -0.596. The summed E-state index contributed by atoms with van der Waals surface area (Å²) in [6.07, 6.45) is 1.39. The summed E-state index contributed by atoms with van der Waals surface area (Å²) in [4.78, 5) is 17.3. The van der Waals surface area contributed by atoms with Gasteiger partial charge in [0.1, 0.15) is 0 Å². The third kappa shape index (κ3) is 3.75. The van der Waals surface area contributed by atoms with Crippen molar-refractivity contribution in [2.75, 3.05) is 38.3 Å². The summed E-state index contributed by atoms with van der Waals surface area (Å²) in [6.45, 7) is 3.13. The molecule has 0 saturated carbocycles. The second-order valence-electron chi connectivity index (χ2n) is 5.69. The van der Waals surface area contributed by atoms with Crippen LogP contribution < -0.4 is 9.64 Å². The number of hydrogen-bond donors (Lipinski definition) is 1. The molecule has 8 heteroatoms. The van der Waals surface area contributed by atoms with E-state index in [0.29, 0.717) is 18.9 Å². The molecular weight excluding hydrogens is 338 g/mol. The average molecular weight is 357 g/mol. The molecular formula is C18H19N3O5. The normalized spacial score (nSPS) is 14.6. The molecule has 0 spiro atoms. The summed E-state index contributed by atoms with van der Waals surface area (Å²) < 4.78 is 10.3. The lowest BCUT2D eigenvalue weighted by atomic mass is 10.1. The Morgan fingerprint density at radius 3 is 2.54 bits per heavy atom. The Morgan fingerprint density at radius 1 is 1.23 bits per heavy atom. The van der Waals surface area contributed by atoms with E-state index >= 15 is 0 Å². The average Bonchev–Trinajstić information content (AvgIpc) is 2.67. The van der Waals surface area contributed by atoms with Crippen LogP contribution in [-0.4, -0.2) is 49.7 Å². The highest BCUT2D eigenvalue weighted by molar-refractivity contribution is 5.89. The summed E-state index contributed by atoms with van der Waals surface area (Å²) >= 11 is 0. The van der Waals surface area contributed by atoms with E-state index in [0.717, 1.165) is 18.8 Å². The zero-order valence-corrected chi connectivity index (χ0v) is 14.3. The van der Waals surface area contributed by atoms with E-state index in [1.807, 2.05) is 24.3 Å². The zero-order chi connectivity index (χ0) is 18.5. The van der Waals surface area contributed by atoms with Crippen molar-refractivity contribution in [1.29, 1.82) is 0 Å². The molecule has 0 unspecified atom stereocenters. The number of benzene rings is 2. The zero-order valence-electron chi connectivity index (χ0n) is 14.3. The molecule has 1 fully saturated rings. The number of phenols is 1. The third-order valence-corrected chi connectivity index (χ3v) is 4.11.